The molecule has 0 aromatic rings. The first-order valence-corrected chi connectivity index (χ1v) is 4.75. The van der Waals surface area contributed by atoms with Gasteiger partial charge in [0.05, 0.1) is 17.6 Å². The molecule has 1 aliphatic rings. The molecule has 1 N–H and O–H groups in total. The van der Waals surface area contributed by atoms with E-state index in [0.29, 0.717) is 5.92 Å². The maximum absolute atomic E-state index is 10.7. The summed E-state index contributed by atoms with van der Waals surface area (Å²) < 4.78 is 5.70. The molecule has 76 valence electrons. The van der Waals surface area contributed by atoms with Crippen LogP contribution >= 0.6 is 0 Å². The fraction of sp³-hybridized carbons (Fsp3) is 0.900. The van der Waals surface area contributed by atoms with Crippen molar-refractivity contribution in [1.82, 2.24) is 0 Å². The second kappa shape index (κ2) is 3.29. The van der Waals surface area contributed by atoms with Gasteiger partial charge in [-0.2, -0.15) is 0 Å². The van der Waals surface area contributed by atoms with Crippen molar-refractivity contribution >= 4 is 5.97 Å². The summed E-state index contributed by atoms with van der Waals surface area (Å²) in [4.78, 5) is 10.7. The van der Waals surface area contributed by atoms with E-state index in [1.807, 2.05) is 13.8 Å². The molecule has 0 spiro atoms. The molecule has 1 fully saturated rings. The first kappa shape index (κ1) is 10.5. The first-order valence-electron chi connectivity index (χ1n) is 4.75. The van der Waals surface area contributed by atoms with Crippen molar-refractivity contribution in [2.45, 2.75) is 45.8 Å². The smallest absolute Gasteiger partial charge is 0.308 e. The summed E-state index contributed by atoms with van der Waals surface area (Å²) in [5, 5.41) is 8.82. The average molecular weight is 186 g/mol. The molecule has 0 aliphatic carbocycles. The lowest BCUT2D eigenvalue weighted by atomic mass is 9.90. The lowest BCUT2D eigenvalue weighted by Crippen LogP contribution is -2.29. The van der Waals surface area contributed by atoms with E-state index in [9.17, 15) is 4.79 Å². The topological polar surface area (TPSA) is 46.5 Å². The Morgan fingerprint density at radius 2 is 2.15 bits per heavy atom. The van der Waals surface area contributed by atoms with Gasteiger partial charge < -0.3 is 9.84 Å². The molecule has 3 heteroatoms. The fourth-order valence-corrected chi connectivity index (χ4v) is 1.65. The predicted molar refractivity (Wildman–Crippen MR) is 49.5 cm³/mol. The molecule has 3 nitrogen and oxygen atoms in total. The largest absolute Gasteiger partial charge is 0.481 e. The van der Waals surface area contributed by atoms with E-state index in [-0.39, 0.29) is 11.7 Å². The van der Waals surface area contributed by atoms with Crippen LogP contribution in [0.15, 0.2) is 0 Å². The number of carboxylic acids is 1. The minimum atomic E-state index is -0.769. The third-order valence-electron chi connectivity index (χ3n) is 3.17. The fourth-order valence-electron chi connectivity index (χ4n) is 1.65. The lowest BCUT2D eigenvalue weighted by molar-refractivity contribution is -0.147. The van der Waals surface area contributed by atoms with Gasteiger partial charge in [-0.15, -0.1) is 0 Å². The van der Waals surface area contributed by atoms with Crippen LogP contribution in [0.1, 0.15) is 34.1 Å². The summed E-state index contributed by atoms with van der Waals surface area (Å²) in [6.07, 6.45) is 0.725. The van der Waals surface area contributed by atoms with Gasteiger partial charge in [0, 0.05) is 0 Å². The van der Waals surface area contributed by atoms with Crippen molar-refractivity contribution in [1.29, 1.82) is 0 Å². The monoisotopic (exact) mass is 186 g/mol. The number of ether oxygens (including phenoxy) is 1. The Kier molecular flexibility index (Phi) is 2.66. The zero-order chi connectivity index (χ0) is 10.2. The molecule has 1 heterocycles. The van der Waals surface area contributed by atoms with Crippen LogP contribution in [0.3, 0.4) is 0 Å². The van der Waals surface area contributed by atoms with Crippen LogP contribution in [0, 0.1) is 11.8 Å². The molecule has 3 unspecified atom stereocenters. The zero-order valence-corrected chi connectivity index (χ0v) is 8.70. The molecule has 1 saturated heterocycles. The summed E-state index contributed by atoms with van der Waals surface area (Å²) in [5.41, 5.74) is -0.172. The standard InChI is InChI=1S/C10H18O3/c1-6-5-8(7(2)9(11)12)13-10(6,3)4/h6-8H,5H2,1-4H3,(H,11,12). The molecule has 0 radical (unpaired) electrons. The predicted octanol–water partition coefficient (Wildman–Crippen LogP) is 1.91. The van der Waals surface area contributed by atoms with Crippen LogP contribution in [-0.2, 0) is 9.53 Å². The Balaban J connectivity index is 2.63. The number of aliphatic carboxylic acids is 1. The number of hydrogen-bond donors (Lipinski definition) is 1. The van der Waals surface area contributed by atoms with Gasteiger partial charge in [0.2, 0.25) is 0 Å². The van der Waals surface area contributed by atoms with E-state index in [1.54, 1.807) is 6.92 Å². The minimum Gasteiger partial charge on any atom is -0.481 e. The number of carboxylic acid groups (broad SMARTS) is 1. The summed E-state index contributed by atoms with van der Waals surface area (Å²) in [6.45, 7) is 7.86. The molecule has 3 atom stereocenters. The Bertz CT molecular complexity index is 210. The van der Waals surface area contributed by atoms with Gasteiger partial charge in [-0.3, -0.25) is 4.79 Å². The number of rotatable bonds is 2. The normalized spacial score (nSPS) is 34.5. The maximum atomic E-state index is 10.7. The highest BCUT2D eigenvalue weighted by atomic mass is 16.5. The highest BCUT2D eigenvalue weighted by Gasteiger charge is 2.42. The Hall–Kier alpha value is -0.570. The van der Waals surface area contributed by atoms with E-state index >= 15 is 0 Å². The van der Waals surface area contributed by atoms with Crippen LogP contribution in [0.5, 0.6) is 0 Å². The second-order valence-electron chi connectivity index (χ2n) is 4.52. The lowest BCUT2D eigenvalue weighted by Gasteiger charge is -2.24. The van der Waals surface area contributed by atoms with Gasteiger partial charge in [-0.05, 0) is 33.1 Å². The summed E-state index contributed by atoms with van der Waals surface area (Å²) in [5.74, 6) is -0.738. The Morgan fingerprint density at radius 3 is 2.46 bits per heavy atom. The third kappa shape index (κ3) is 2.02. The van der Waals surface area contributed by atoms with Gasteiger partial charge in [-0.1, -0.05) is 6.92 Å². The molecule has 13 heavy (non-hydrogen) atoms. The quantitative estimate of drug-likeness (QED) is 0.716. The summed E-state index contributed by atoms with van der Waals surface area (Å²) >= 11 is 0. The van der Waals surface area contributed by atoms with Gasteiger partial charge in [0.1, 0.15) is 0 Å². The van der Waals surface area contributed by atoms with Crippen molar-refractivity contribution < 1.29 is 14.6 Å². The van der Waals surface area contributed by atoms with Gasteiger partial charge in [-0.25, -0.2) is 0 Å². The van der Waals surface area contributed by atoms with Crippen LogP contribution in [0.25, 0.3) is 0 Å². The minimum absolute atomic E-state index is 0.123. The van der Waals surface area contributed by atoms with E-state index < -0.39 is 11.9 Å². The average Bonchev–Trinajstić information content (AvgIpc) is 2.25. The highest BCUT2D eigenvalue weighted by molar-refractivity contribution is 5.70. The van der Waals surface area contributed by atoms with Crippen LogP contribution in [0.2, 0.25) is 0 Å². The van der Waals surface area contributed by atoms with E-state index in [1.165, 1.54) is 0 Å². The van der Waals surface area contributed by atoms with Crippen LogP contribution in [-0.4, -0.2) is 22.8 Å². The maximum Gasteiger partial charge on any atom is 0.308 e. The molecule has 0 bridgehead atoms. The van der Waals surface area contributed by atoms with Gasteiger partial charge in [0.25, 0.3) is 0 Å². The van der Waals surface area contributed by atoms with E-state index in [2.05, 4.69) is 6.92 Å². The Morgan fingerprint density at radius 1 is 1.62 bits per heavy atom. The van der Waals surface area contributed by atoms with Crippen molar-refractivity contribution in [2.24, 2.45) is 11.8 Å². The van der Waals surface area contributed by atoms with Gasteiger partial charge >= 0.3 is 5.97 Å². The van der Waals surface area contributed by atoms with Crippen molar-refractivity contribution in [3.8, 4) is 0 Å². The summed E-state index contributed by atoms with van der Waals surface area (Å²) in [6, 6.07) is 0. The molecule has 1 aliphatic heterocycles. The van der Waals surface area contributed by atoms with E-state index in [0.717, 1.165) is 6.42 Å². The van der Waals surface area contributed by atoms with Crippen molar-refractivity contribution in [3.05, 3.63) is 0 Å². The molecular formula is C10H18O3. The van der Waals surface area contributed by atoms with Crippen molar-refractivity contribution in [2.75, 3.05) is 0 Å². The summed E-state index contributed by atoms with van der Waals surface area (Å²) in [7, 11) is 0. The first-order chi connectivity index (χ1) is 5.84. The SMILES string of the molecule is CC(C(=O)O)C1CC(C)C(C)(C)O1. The second-order valence-corrected chi connectivity index (χ2v) is 4.52. The highest BCUT2D eigenvalue weighted by Crippen LogP contribution is 2.37. The Labute approximate surface area is 79.1 Å². The molecule has 0 aromatic heterocycles. The molecular weight excluding hydrogens is 168 g/mol. The molecule has 0 aromatic carbocycles. The molecule has 1 rings (SSSR count). The number of carbonyl (C=O) groups is 1. The zero-order valence-electron chi connectivity index (χ0n) is 8.70. The van der Waals surface area contributed by atoms with Crippen LogP contribution < -0.4 is 0 Å². The number of hydrogen-bond acceptors (Lipinski definition) is 2. The third-order valence-corrected chi connectivity index (χ3v) is 3.17. The van der Waals surface area contributed by atoms with E-state index in [4.69, 9.17) is 9.84 Å². The van der Waals surface area contributed by atoms with Crippen LogP contribution in [0.4, 0.5) is 0 Å². The van der Waals surface area contributed by atoms with Gasteiger partial charge in [0.15, 0.2) is 0 Å². The molecule has 0 saturated carbocycles. The molecule has 0 amide bonds. The van der Waals surface area contributed by atoms with Crippen molar-refractivity contribution in [3.63, 3.8) is 0 Å².